The zero-order chi connectivity index (χ0) is 27.9. The van der Waals surface area contributed by atoms with Gasteiger partial charge in [-0.1, -0.05) is 79.5 Å². The largest absolute Gasteiger partial charge is 0.354 e. The van der Waals surface area contributed by atoms with Crippen molar-refractivity contribution in [3.8, 4) is 0 Å². The van der Waals surface area contributed by atoms with E-state index in [-0.39, 0.29) is 34.0 Å². The van der Waals surface area contributed by atoms with Crippen LogP contribution in [0.15, 0.2) is 83.8 Å². The van der Waals surface area contributed by atoms with Crippen LogP contribution in [0.2, 0.25) is 10.0 Å². The van der Waals surface area contributed by atoms with E-state index in [1.165, 1.54) is 23.1 Å². The molecular formula is C28H31Cl2N3O4S. The molecule has 0 aliphatic rings. The maximum Gasteiger partial charge on any atom is 0.264 e. The predicted octanol–water partition coefficient (Wildman–Crippen LogP) is 5.38. The third-order valence-electron chi connectivity index (χ3n) is 5.83. The highest BCUT2D eigenvalue weighted by molar-refractivity contribution is 7.92. The molecule has 10 heteroatoms. The summed E-state index contributed by atoms with van der Waals surface area (Å²) in [5.41, 5.74) is 0.857. The van der Waals surface area contributed by atoms with E-state index in [4.69, 9.17) is 23.2 Å². The van der Waals surface area contributed by atoms with Crippen molar-refractivity contribution in [2.24, 2.45) is 5.92 Å². The molecule has 0 aliphatic carbocycles. The minimum atomic E-state index is -4.17. The van der Waals surface area contributed by atoms with Crippen molar-refractivity contribution in [2.45, 2.75) is 38.3 Å². The monoisotopic (exact) mass is 575 g/mol. The van der Waals surface area contributed by atoms with E-state index in [0.717, 1.165) is 4.31 Å². The number of amides is 2. The van der Waals surface area contributed by atoms with Crippen LogP contribution in [-0.4, -0.2) is 44.3 Å². The first-order valence-electron chi connectivity index (χ1n) is 12.1. The van der Waals surface area contributed by atoms with Gasteiger partial charge in [0.2, 0.25) is 11.8 Å². The molecule has 0 saturated carbocycles. The molecule has 0 saturated heterocycles. The van der Waals surface area contributed by atoms with Crippen LogP contribution in [0.5, 0.6) is 0 Å². The van der Waals surface area contributed by atoms with Crippen molar-refractivity contribution in [3.05, 3.63) is 94.5 Å². The minimum absolute atomic E-state index is 0.0110. The van der Waals surface area contributed by atoms with E-state index in [2.05, 4.69) is 5.32 Å². The molecule has 3 aromatic carbocycles. The number of nitrogens with one attached hydrogen (secondary N) is 1. The number of sulfonamides is 1. The summed E-state index contributed by atoms with van der Waals surface area (Å²) in [6, 6.07) is 20.3. The summed E-state index contributed by atoms with van der Waals surface area (Å²) in [6.07, 6.45) is 0. The molecule has 7 nitrogen and oxygen atoms in total. The molecular weight excluding hydrogens is 545 g/mol. The van der Waals surface area contributed by atoms with Crippen molar-refractivity contribution in [2.75, 3.05) is 17.4 Å². The topological polar surface area (TPSA) is 86.8 Å². The van der Waals surface area contributed by atoms with E-state index in [1.807, 2.05) is 13.8 Å². The second-order valence-corrected chi connectivity index (χ2v) is 11.9. The Morgan fingerprint density at radius 1 is 0.895 bits per heavy atom. The second kappa shape index (κ2) is 13.1. The number of anilines is 1. The first-order valence-corrected chi connectivity index (χ1v) is 14.3. The summed E-state index contributed by atoms with van der Waals surface area (Å²) in [5.74, 6) is -0.698. The van der Waals surface area contributed by atoms with E-state index < -0.39 is 28.5 Å². The van der Waals surface area contributed by atoms with Crippen LogP contribution in [0.1, 0.15) is 26.3 Å². The molecule has 0 unspecified atom stereocenters. The smallest absolute Gasteiger partial charge is 0.264 e. The molecule has 0 bridgehead atoms. The van der Waals surface area contributed by atoms with E-state index in [9.17, 15) is 18.0 Å². The number of carbonyl (C=O) groups excluding carboxylic acids is 2. The Hall–Kier alpha value is -3.07. The fraction of sp³-hybridized carbons (Fsp3) is 0.286. The molecule has 0 heterocycles. The number of benzene rings is 3. The number of halogens is 2. The SMILES string of the molecule is CC(C)CNC(=O)[C@@H](C)N(Cc1cccc(Cl)c1)C(=O)CN(c1ccccc1Cl)S(=O)(=O)c1ccccc1. The zero-order valence-corrected chi connectivity index (χ0v) is 23.8. The van der Waals surface area contributed by atoms with Gasteiger partial charge in [-0.05, 0) is 54.8 Å². The van der Waals surface area contributed by atoms with Gasteiger partial charge in [-0.2, -0.15) is 0 Å². The summed E-state index contributed by atoms with van der Waals surface area (Å²) in [5, 5.41) is 3.51. The molecule has 0 aliphatic heterocycles. The highest BCUT2D eigenvalue weighted by Crippen LogP contribution is 2.30. The molecule has 202 valence electrons. The van der Waals surface area contributed by atoms with Gasteiger partial charge in [0.05, 0.1) is 15.6 Å². The Morgan fingerprint density at radius 2 is 1.55 bits per heavy atom. The quantitative estimate of drug-likeness (QED) is 0.332. The third-order valence-corrected chi connectivity index (χ3v) is 8.15. The predicted molar refractivity (Wildman–Crippen MR) is 152 cm³/mol. The number of para-hydroxylation sites is 1. The Labute approximate surface area is 234 Å². The molecule has 3 rings (SSSR count). The van der Waals surface area contributed by atoms with Gasteiger partial charge in [0, 0.05) is 18.1 Å². The van der Waals surface area contributed by atoms with Gasteiger partial charge in [-0.3, -0.25) is 13.9 Å². The lowest BCUT2D eigenvalue weighted by Crippen LogP contribution is -2.51. The summed E-state index contributed by atoms with van der Waals surface area (Å²) in [4.78, 5) is 28.2. The van der Waals surface area contributed by atoms with Crippen molar-refractivity contribution >= 4 is 50.7 Å². The second-order valence-electron chi connectivity index (χ2n) is 9.24. The Bertz CT molecular complexity index is 1370. The van der Waals surface area contributed by atoms with Crippen LogP contribution >= 0.6 is 23.2 Å². The summed E-state index contributed by atoms with van der Waals surface area (Å²) >= 11 is 12.6. The fourth-order valence-electron chi connectivity index (χ4n) is 3.75. The lowest BCUT2D eigenvalue weighted by molar-refractivity contribution is -0.139. The Morgan fingerprint density at radius 3 is 2.18 bits per heavy atom. The van der Waals surface area contributed by atoms with Crippen LogP contribution in [0, 0.1) is 5.92 Å². The molecule has 1 atom stereocenters. The number of nitrogens with zero attached hydrogens (tertiary/aromatic N) is 2. The Balaban J connectivity index is 2.01. The van der Waals surface area contributed by atoms with Crippen LogP contribution in [-0.2, 0) is 26.2 Å². The van der Waals surface area contributed by atoms with Crippen molar-refractivity contribution in [1.29, 1.82) is 0 Å². The molecule has 3 aromatic rings. The van der Waals surface area contributed by atoms with E-state index >= 15 is 0 Å². The van der Waals surface area contributed by atoms with Gasteiger partial charge in [-0.15, -0.1) is 0 Å². The first kappa shape index (κ1) is 29.5. The lowest BCUT2D eigenvalue weighted by Gasteiger charge is -2.32. The standard InChI is InChI=1S/C28H31Cl2N3O4S/c1-20(2)17-31-28(35)21(3)32(18-22-10-9-11-23(29)16-22)27(34)19-33(26-15-8-7-14-25(26)30)38(36,37)24-12-5-4-6-13-24/h4-16,20-21H,17-19H2,1-3H3,(H,31,35)/t21-/m1/s1. The highest BCUT2D eigenvalue weighted by atomic mass is 35.5. The molecule has 0 aromatic heterocycles. The molecule has 0 spiro atoms. The van der Waals surface area contributed by atoms with Gasteiger partial charge in [0.1, 0.15) is 12.6 Å². The normalized spacial score (nSPS) is 12.2. The lowest BCUT2D eigenvalue weighted by atomic mass is 10.1. The number of rotatable bonds is 11. The molecule has 2 amide bonds. The van der Waals surface area contributed by atoms with Crippen LogP contribution in [0.3, 0.4) is 0 Å². The average molecular weight is 577 g/mol. The summed E-state index contributed by atoms with van der Waals surface area (Å²) in [7, 11) is -4.17. The molecule has 38 heavy (non-hydrogen) atoms. The van der Waals surface area contributed by atoms with Crippen molar-refractivity contribution in [3.63, 3.8) is 0 Å². The van der Waals surface area contributed by atoms with Gasteiger partial charge in [-0.25, -0.2) is 8.42 Å². The van der Waals surface area contributed by atoms with Crippen molar-refractivity contribution < 1.29 is 18.0 Å². The number of carbonyl (C=O) groups is 2. The number of hydrogen-bond donors (Lipinski definition) is 1. The van der Waals surface area contributed by atoms with E-state index in [1.54, 1.807) is 67.6 Å². The maximum absolute atomic E-state index is 13.9. The third kappa shape index (κ3) is 7.49. The van der Waals surface area contributed by atoms with Gasteiger partial charge in [0.15, 0.2) is 0 Å². The highest BCUT2D eigenvalue weighted by Gasteiger charge is 2.33. The average Bonchev–Trinajstić information content (AvgIpc) is 2.89. The van der Waals surface area contributed by atoms with Crippen LogP contribution in [0.4, 0.5) is 5.69 Å². The summed E-state index contributed by atoms with van der Waals surface area (Å²) < 4.78 is 28.4. The minimum Gasteiger partial charge on any atom is -0.354 e. The van der Waals surface area contributed by atoms with E-state index in [0.29, 0.717) is 17.1 Å². The maximum atomic E-state index is 13.9. The Kier molecular flexibility index (Phi) is 10.2. The molecule has 0 radical (unpaired) electrons. The molecule has 1 N–H and O–H groups in total. The van der Waals surface area contributed by atoms with Crippen LogP contribution < -0.4 is 9.62 Å². The van der Waals surface area contributed by atoms with Gasteiger partial charge < -0.3 is 10.2 Å². The fourth-order valence-corrected chi connectivity index (χ4v) is 5.71. The van der Waals surface area contributed by atoms with Crippen molar-refractivity contribution in [1.82, 2.24) is 10.2 Å². The zero-order valence-electron chi connectivity index (χ0n) is 21.5. The number of hydrogen-bond acceptors (Lipinski definition) is 4. The molecule has 0 fully saturated rings. The van der Waals surface area contributed by atoms with Gasteiger partial charge >= 0.3 is 0 Å². The first-order chi connectivity index (χ1) is 18.0. The summed E-state index contributed by atoms with van der Waals surface area (Å²) in [6.45, 7) is 5.48. The van der Waals surface area contributed by atoms with Crippen LogP contribution in [0.25, 0.3) is 0 Å². The van der Waals surface area contributed by atoms with Gasteiger partial charge in [0.25, 0.3) is 10.0 Å².